The summed E-state index contributed by atoms with van der Waals surface area (Å²) in [7, 11) is 3.12. The number of hydrazone groups is 1. The van der Waals surface area contributed by atoms with Crippen LogP contribution in [0.15, 0.2) is 62.3 Å². The Labute approximate surface area is 187 Å². The van der Waals surface area contributed by atoms with E-state index in [2.05, 4.69) is 32.9 Å². The Bertz CT molecular complexity index is 996. The summed E-state index contributed by atoms with van der Waals surface area (Å²) in [6.45, 7) is 0. The lowest BCUT2D eigenvalue weighted by Crippen LogP contribution is -2.19. The monoisotopic (exact) mass is 460 g/mol. The molecule has 0 radical (unpaired) electrons. The molecule has 3 aromatic rings. The normalized spacial score (nSPS) is 10.9. The van der Waals surface area contributed by atoms with Crippen molar-refractivity contribution in [2.24, 2.45) is 5.10 Å². The van der Waals surface area contributed by atoms with Crippen LogP contribution in [0, 0.1) is 0 Å². The molecule has 10 heteroatoms. The van der Waals surface area contributed by atoms with Gasteiger partial charge in [0.05, 0.1) is 26.2 Å². The molecule has 2 aromatic carbocycles. The van der Waals surface area contributed by atoms with Crippen LogP contribution in [0.25, 0.3) is 0 Å². The summed E-state index contributed by atoms with van der Waals surface area (Å²) in [6, 6.07) is 15.6. The van der Waals surface area contributed by atoms with E-state index >= 15 is 0 Å². The van der Waals surface area contributed by atoms with Crippen molar-refractivity contribution in [1.82, 2.24) is 15.6 Å². The Morgan fingerprint density at radius 1 is 1.07 bits per heavy atom. The Morgan fingerprint density at radius 2 is 1.83 bits per heavy atom. The van der Waals surface area contributed by atoms with Crippen molar-refractivity contribution in [2.45, 2.75) is 14.4 Å². The van der Waals surface area contributed by atoms with E-state index in [1.54, 1.807) is 32.0 Å². The molecule has 1 aromatic heterocycles. The van der Waals surface area contributed by atoms with Crippen LogP contribution in [0.2, 0.25) is 0 Å². The maximum Gasteiger partial charge on any atom is 0.250 e. The van der Waals surface area contributed by atoms with Gasteiger partial charge in [-0.1, -0.05) is 71.3 Å². The number of thioether (sulfide) groups is 2. The zero-order valence-electron chi connectivity index (χ0n) is 16.4. The van der Waals surface area contributed by atoms with Crippen molar-refractivity contribution in [2.75, 3.05) is 20.0 Å². The Kier molecular flexibility index (Phi) is 8.54. The number of nitrogens with zero attached hydrogens (tertiary/aromatic N) is 3. The summed E-state index contributed by atoms with van der Waals surface area (Å²) in [4.78, 5) is 12.1. The van der Waals surface area contributed by atoms with Crippen LogP contribution in [-0.2, 0) is 10.5 Å². The van der Waals surface area contributed by atoms with Crippen LogP contribution in [0.1, 0.15) is 11.1 Å². The molecule has 1 amide bonds. The maximum atomic E-state index is 12.1. The highest BCUT2D eigenvalue weighted by Crippen LogP contribution is 2.31. The molecular weight excluding hydrogens is 440 g/mol. The van der Waals surface area contributed by atoms with Crippen molar-refractivity contribution >= 4 is 47.0 Å². The van der Waals surface area contributed by atoms with Gasteiger partial charge in [-0.25, -0.2) is 5.43 Å². The fraction of sp³-hybridized carbons (Fsp3) is 0.200. The van der Waals surface area contributed by atoms with Crippen LogP contribution in [0.4, 0.5) is 0 Å². The average Bonchev–Trinajstić information content (AvgIpc) is 3.24. The number of para-hydroxylation sites is 1. The SMILES string of the molecule is COc1cccc(/C=N/NC(=O)CSc2nnc(SCc3ccccc3)s2)c1OC. The second-order valence-corrected chi connectivity index (χ2v) is 9.20. The van der Waals surface area contributed by atoms with Crippen molar-refractivity contribution in [3.8, 4) is 11.5 Å². The summed E-state index contributed by atoms with van der Waals surface area (Å²) >= 11 is 4.44. The van der Waals surface area contributed by atoms with Gasteiger partial charge in [-0.15, -0.1) is 10.2 Å². The summed E-state index contributed by atoms with van der Waals surface area (Å²) in [5, 5.41) is 12.3. The van der Waals surface area contributed by atoms with Crippen molar-refractivity contribution < 1.29 is 14.3 Å². The Morgan fingerprint density at radius 3 is 2.57 bits per heavy atom. The van der Waals surface area contributed by atoms with Crippen LogP contribution in [-0.4, -0.2) is 42.3 Å². The fourth-order valence-electron chi connectivity index (χ4n) is 2.38. The van der Waals surface area contributed by atoms with Gasteiger partial charge in [0.15, 0.2) is 20.2 Å². The first-order chi connectivity index (χ1) is 14.7. The zero-order valence-corrected chi connectivity index (χ0v) is 18.9. The highest BCUT2D eigenvalue weighted by Gasteiger charge is 2.10. The van der Waals surface area contributed by atoms with Crippen LogP contribution < -0.4 is 14.9 Å². The first kappa shape index (κ1) is 22.1. The molecule has 3 rings (SSSR count). The lowest BCUT2D eigenvalue weighted by atomic mass is 10.2. The van der Waals surface area contributed by atoms with Crippen LogP contribution >= 0.6 is 34.9 Å². The molecule has 1 N–H and O–H groups in total. The fourth-order valence-corrected chi connectivity index (χ4v) is 5.15. The average molecular weight is 461 g/mol. The number of benzene rings is 2. The minimum atomic E-state index is -0.230. The Balaban J connectivity index is 1.45. The minimum Gasteiger partial charge on any atom is -0.493 e. The molecule has 0 spiro atoms. The molecule has 30 heavy (non-hydrogen) atoms. The number of rotatable bonds is 10. The summed E-state index contributed by atoms with van der Waals surface area (Å²) in [5.74, 6) is 1.96. The largest absolute Gasteiger partial charge is 0.493 e. The van der Waals surface area contributed by atoms with E-state index in [1.165, 1.54) is 34.9 Å². The van der Waals surface area contributed by atoms with Gasteiger partial charge in [-0.2, -0.15) is 5.10 Å². The number of nitrogens with one attached hydrogen (secondary N) is 1. The molecule has 0 fully saturated rings. The van der Waals surface area contributed by atoms with E-state index < -0.39 is 0 Å². The molecule has 7 nitrogen and oxygen atoms in total. The van der Waals surface area contributed by atoms with Gasteiger partial charge in [0.1, 0.15) is 0 Å². The highest BCUT2D eigenvalue weighted by atomic mass is 32.2. The maximum absolute atomic E-state index is 12.1. The molecular formula is C20H20N4O3S3. The van der Waals surface area contributed by atoms with Gasteiger partial charge in [0, 0.05) is 11.3 Å². The van der Waals surface area contributed by atoms with E-state index in [0.29, 0.717) is 17.1 Å². The second-order valence-electron chi connectivity index (χ2n) is 5.77. The molecule has 0 unspecified atom stereocenters. The quantitative estimate of drug-likeness (QED) is 0.277. The summed E-state index contributed by atoms with van der Waals surface area (Å²) in [5.41, 5.74) is 4.44. The number of hydrogen-bond donors (Lipinski definition) is 1. The third kappa shape index (κ3) is 6.48. The number of aromatic nitrogens is 2. The van der Waals surface area contributed by atoms with Gasteiger partial charge < -0.3 is 9.47 Å². The molecule has 0 bridgehead atoms. The smallest absolute Gasteiger partial charge is 0.250 e. The van der Waals surface area contributed by atoms with Gasteiger partial charge >= 0.3 is 0 Å². The summed E-state index contributed by atoms with van der Waals surface area (Å²) in [6.07, 6.45) is 1.52. The summed E-state index contributed by atoms with van der Waals surface area (Å²) < 4.78 is 12.2. The standard InChI is InChI=1S/C20H20N4O3S3/c1-26-16-10-6-9-15(18(16)27-2)11-21-22-17(25)13-29-20-24-23-19(30-20)28-12-14-7-4-3-5-8-14/h3-11H,12-13H2,1-2H3,(H,22,25)/b21-11+. The minimum absolute atomic E-state index is 0.199. The Hall–Kier alpha value is -2.56. The van der Waals surface area contributed by atoms with Gasteiger partial charge in [0.25, 0.3) is 5.91 Å². The van der Waals surface area contributed by atoms with E-state index in [9.17, 15) is 4.79 Å². The molecule has 0 aliphatic heterocycles. The third-order valence-corrected chi connectivity index (χ3v) is 7.01. The van der Waals surface area contributed by atoms with Crippen molar-refractivity contribution in [1.29, 1.82) is 0 Å². The molecule has 0 atom stereocenters. The van der Waals surface area contributed by atoms with Gasteiger partial charge in [-0.3, -0.25) is 4.79 Å². The number of carbonyl (C=O) groups is 1. The molecule has 0 aliphatic carbocycles. The number of hydrogen-bond acceptors (Lipinski definition) is 9. The van der Waals surface area contributed by atoms with Crippen molar-refractivity contribution in [3.05, 3.63) is 59.7 Å². The van der Waals surface area contributed by atoms with Gasteiger partial charge in [-0.05, 0) is 17.7 Å². The number of carbonyl (C=O) groups excluding carboxylic acids is 1. The zero-order chi connectivity index (χ0) is 21.2. The lowest BCUT2D eigenvalue weighted by Gasteiger charge is -2.09. The number of ether oxygens (including phenoxy) is 2. The highest BCUT2D eigenvalue weighted by molar-refractivity contribution is 8.03. The first-order valence-corrected chi connectivity index (χ1v) is 11.6. The number of amides is 1. The second kappa shape index (κ2) is 11.6. The van der Waals surface area contributed by atoms with Crippen molar-refractivity contribution in [3.63, 3.8) is 0 Å². The molecule has 0 saturated heterocycles. The van der Waals surface area contributed by atoms with E-state index in [4.69, 9.17) is 9.47 Å². The van der Waals surface area contributed by atoms with Crippen LogP contribution in [0.3, 0.4) is 0 Å². The van der Waals surface area contributed by atoms with E-state index in [0.717, 1.165) is 14.4 Å². The van der Waals surface area contributed by atoms with E-state index in [-0.39, 0.29) is 11.7 Å². The predicted molar refractivity (Wildman–Crippen MR) is 122 cm³/mol. The van der Waals surface area contributed by atoms with Crippen LogP contribution in [0.5, 0.6) is 11.5 Å². The van der Waals surface area contributed by atoms with Gasteiger partial charge in [0.2, 0.25) is 0 Å². The molecule has 0 saturated carbocycles. The molecule has 1 heterocycles. The molecule has 156 valence electrons. The topological polar surface area (TPSA) is 85.7 Å². The lowest BCUT2D eigenvalue weighted by molar-refractivity contribution is -0.118. The third-order valence-electron chi connectivity index (χ3n) is 3.75. The first-order valence-electron chi connectivity index (χ1n) is 8.85. The predicted octanol–water partition coefficient (Wildman–Crippen LogP) is 4.09. The van der Waals surface area contributed by atoms with E-state index in [1.807, 2.05) is 30.3 Å². The molecule has 0 aliphatic rings. The number of methoxy groups -OCH3 is 2.